The van der Waals surface area contributed by atoms with Crippen molar-refractivity contribution in [2.24, 2.45) is 0 Å². The van der Waals surface area contributed by atoms with Crippen molar-refractivity contribution in [2.75, 3.05) is 15.8 Å². The Bertz CT molecular complexity index is 764. The van der Waals surface area contributed by atoms with Crippen LogP contribution in [0, 0.1) is 6.92 Å². The van der Waals surface area contributed by atoms with Gasteiger partial charge in [-0.25, -0.2) is 8.42 Å². The van der Waals surface area contributed by atoms with Gasteiger partial charge < -0.3 is 5.32 Å². The van der Waals surface area contributed by atoms with Gasteiger partial charge in [0.15, 0.2) is 11.6 Å². The zero-order valence-electron chi connectivity index (χ0n) is 13.0. The molecular formula is C15H19ClN4O2S. The van der Waals surface area contributed by atoms with Crippen molar-refractivity contribution in [3.8, 4) is 0 Å². The highest BCUT2D eigenvalue weighted by Crippen LogP contribution is 2.25. The number of rotatable bonds is 7. The van der Waals surface area contributed by atoms with Crippen LogP contribution in [0.2, 0.25) is 5.02 Å². The fourth-order valence-corrected chi connectivity index (χ4v) is 3.25. The molecule has 2 aromatic rings. The molecule has 0 amide bonds. The van der Waals surface area contributed by atoms with E-state index in [1.165, 1.54) is 0 Å². The summed E-state index contributed by atoms with van der Waals surface area (Å²) in [5, 5.41) is 11.6. The average Bonchev–Trinajstić information content (AvgIpc) is 2.51. The lowest BCUT2D eigenvalue weighted by molar-refractivity contribution is 0.597. The van der Waals surface area contributed by atoms with Crippen LogP contribution in [0.1, 0.15) is 25.3 Å². The Morgan fingerprint density at radius 2 is 1.83 bits per heavy atom. The second kappa shape index (κ2) is 7.61. The molecule has 0 saturated carbocycles. The number of nitrogens with zero attached hydrogens (tertiary/aromatic N) is 2. The van der Waals surface area contributed by atoms with Crippen LogP contribution in [0.4, 0.5) is 17.3 Å². The smallest absolute Gasteiger partial charge is 0.233 e. The van der Waals surface area contributed by atoms with E-state index in [0.29, 0.717) is 17.3 Å². The Morgan fingerprint density at radius 1 is 1.13 bits per heavy atom. The van der Waals surface area contributed by atoms with Gasteiger partial charge in [-0.05, 0) is 43.2 Å². The van der Waals surface area contributed by atoms with Crippen molar-refractivity contribution >= 4 is 38.9 Å². The predicted octanol–water partition coefficient (Wildman–Crippen LogP) is 3.72. The molecule has 124 valence electrons. The standard InChI is InChI=1S/C15H19ClN4O2S/c1-3-4-10-23(21,22)20-15-9-8-14(18-19-15)17-13-7-5-6-12(16)11(13)2/h5-9H,3-4,10H2,1-2H3,(H,17,18)(H,19,20). The van der Waals surface area contributed by atoms with Gasteiger partial charge >= 0.3 is 0 Å². The summed E-state index contributed by atoms with van der Waals surface area (Å²) in [6.07, 6.45) is 1.42. The molecule has 8 heteroatoms. The van der Waals surface area contributed by atoms with E-state index >= 15 is 0 Å². The van der Waals surface area contributed by atoms with E-state index in [0.717, 1.165) is 17.7 Å². The highest BCUT2D eigenvalue weighted by Gasteiger charge is 2.11. The molecular weight excluding hydrogens is 336 g/mol. The van der Waals surface area contributed by atoms with E-state index in [9.17, 15) is 8.42 Å². The van der Waals surface area contributed by atoms with Crippen LogP contribution in [-0.4, -0.2) is 24.4 Å². The Balaban J connectivity index is 2.06. The second-order valence-electron chi connectivity index (χ2n) is 5.12. The molecule has 2 rings (SSSR count). The quantitative estimate of drug-likeness (QED) is 0.791. The van der Waals surface area contributed by atoms with Crippen molar-refractivity contribution in [2.45, 2.75) is 26.7 Å². The molecule has 0 radical (unpaired) electrons. The Labute approximate surface area is 141 Å². The number of aromatic nitrogens is 2. The van der Waals surface area contributed by atoms with Gasteiger partial charge in [0.05, 0.1) is 5.75 Å². The van der Waals surface area contributed by atoms with Gasteiger partial charge in [-0.15, -0.1) is 10.2 Å². The first-order valence-electron chi connectivity index (χ1n) is 7.27. The van der Waals surface area contributed by atoms with E-state index < -0.39 is 10.0 Å². The minimum atomic E-state index is -3.37. The lowest BCUT2D eigenvalue weighted by Gasteiger charge is -2.10. The van der Waals surface area contributed by atoms with Gasteiger partial charge in [0.1, 0.15) is 0 Å². The maximum Gasteiger partial charge on any atom is 0.233 e. The average molecular weight is 355 g/mol. The fraction of sp³-hybridized carbons (Fsp3) is 0.333. The SMILES string of the molecule is CCCCS(=O)(=O)Nc1ccc(Nc2cccc(Cl)c2C)nn1. The Hall–Kier alpha value is -1.86. The summed E-state index contributed by atoms with van der Waals surface area (Å²) in [6.45, 7) is 3.84. The van der Waals surface area contributed by atoms with Crippen molar-refractivity contribution < 1.29 is 8.42 Å². The van der Waals surface area contributed by atoms with Crippen molar-refractivity contribution in [3.63, 3.8) is 0 Å². The fourth-order valence-electron chi connectivity index (χ4n) is 1.88. The van der Waals surface area contributed by atoms with Gasteiger partial charge in [0.25, 0.3) is 0 Å². The molecule has 0 atom stereocenters. The molecule has 23 heavy (non-hydrogen) atoms. The van der Waals surface area contributed by atoms with E-state index in [-0.39, 0.29) is 11.6 Å². The molecule has 2 N–H and O–H groups in total. The lowest BCUT2D eigenvalue weighted by Crippen LogP contribution is -2.17. The van der Waals surface area contributed by atoms with Gasteiger partial charge in [-0.3, -0.25) is 4.72 Å². The lowest BCUT2D eigenvalue weighted by atomic mass is 10.2. The monoisotopic (exact) mass is 354 g/mol. The number of hydrogen-bond donors (Lipinski definition) is 2. The summed E-state index contributed by atoms with van der Waals surface area (Å²) in [5.41, 5.74) is 1.73. The van der Waals surface area contributed by atoms with E-state index in [4.69, 9.17) is 11.6 Å². The third-order valence-corrected chi connectivity index (χ3v) is 4.98. The summed E-state index contributed by atoms with van der Waals surface area (Å²) in [4.78, 5) is 0. The highest BCUT2D eigenvalue weighted by molar-refractivity contribution is 7.92. The largest absolute Gasteiger partial charge is 0.338 e. The number of hydrogen-bond acceptors (Lipinski definition) is 5. The molecule has 0 saturated heterocycles. The van der Waals surface area contributed by atoms with E-state index in [1.807, 2.05) is 32.0 Å². The first-order valence-corrected chi connectivity index (χ1v) is 9.30. The number of sulfonamides is 1. The van der Waals surface area contributed by atoms with Crippen molar-refractivity contribution in [1.82, 2.24) is 10.2 Å². The summed E-state index contributed by atoms with van der Waals surface area (Å²) < 4.78 is 26.0. The zero-order chi connectivity index (χ0) is 16.9. The highest BCUT2D eigenvalue weighted by atomic mass is 35.5. The predicted molar refractivity (Wildman–Crippen MR) is 93.8 cm³/mol. The maximum atomic E-state index is 11.8. The molecule has 0 aliphatic rings. The zero-order valence-corrected chi connectivity index (χ0v) is 14.6. The molecule has 1 heterocycles. The number of halogens is 1. The minimum Gasteiger partial charge on any atom is -0.338 e. The van der Waals surface area contributed by atoms with Crippen molar-refractivity contribution in [3.05, 3.63) is 40.9 Å². The molecule has 6 nitrogen and oxygen atoms in total. The van der Waals surface area contributed by atoms with Crippen LogP contribution in [0.15, 0.2) is 30.3 Å². The molecule has 0 unspecified atom stereocenters. The van der Waals surface area contributed by atoms with E-state index in [2.05, 4.69) is 20.2 Å². The normalized spacial score (nSPS) is 11.3. The van der Waals surface area contributed by atoms with Gasteiger partial charge in [0.2, 0.25) is 10.0 Å². The van der Waals surface area contributed by atoms with Crippen molar-refractivity contribution in [1.29, 1.82) is 0 Å². The van der Waals surface area contributed by atoms with Crippen LogP contribution in [0.25, 0.3) is 0 Å². The van der Waals surface area contributed by atoms with Gasteiger partial charge in [0, 0.05) is 10.7 Å². The molecule has 0 bridgehead atoms. The molecule has 0 aliphatic carbocycles. The maximum absolute atomic E-state index is 11.8. The molecule has 1 aromatic heterocycles. The number of benzene rings is 1. The summed E-state index contributed by atoms with van der Waals surface area (Å²) >= 11 is 6.07. The summed E-state index contributed by atoms with van der Waals surface area (Å²) in [7, 11) is -3.37. The molecule has 0 fully saturated rings. The molecule has 0 aliphatic heterocycles. The first kappa shape index (κ1) is 17.5. The topological polar surface area (TPSA) is 84.0 Å². The summed E-state index contributed by atoms with van der Waals surface area (Å²) in [5.74, 6) is 0.786. The third kappa shape index (κ3) is 5.07. The van der Waals surface area contributed by atoms with Gasteiger partial charge in [-0.2, -0.15) is 0 Å². The Morgan fingerprint density at radius 3 is 2.48 bits per heavy atom. The number of nitrogens with one attached hydrogen (secondary N) is 2. The first-order chi connectivity index (χ1) is 10.9. The van der Waals surface area contributed by atoms with Crippen LogP contribution in [0.3, 0.4) is 0 Å². The molecule has 0 spiro atoms. The number of anilines is 3. The molecule has 1 aromatic carbocycles. The van der Waals surface area contributed by atoms with Crippen LogP contribution in [-0.2, 0) is 10.0 Å². The minimum absolute atomic E-state index is 0.0763. The van der Waals surface area contributed by atoms with Crippen LogP contribution in [0.5, 0.6) is 0 Å². The number of unbranched alkanes of at least 4 members (excludes halogenated alkanes) is 1. The van der Waals surface area contributed by atoms with Crippen LogP contribution >= 0.6 is 11.6 Å². The summed E-state index contributed by atoms with van der Waals surface area (Å²) in [6, 6.07) is 8.75. The van der Waals surface area contributed by atoms with Gasteiger partial charge in [-0.1, -0.05) is 31.0 Å². The Kier molecular flexibility index (Phi) is 5.79. The van der Waals surface area contributed by atoms with Crippen LogP contribution < -0.4 is 10.0 Å². The van der Waals surface area contributed by atoms with E-state index in [1.54, 1.807) is 12.1 Å². The third-order valence-electron chi connectivity index (χ3n) is 3.22. The second-order valence-corrected chi connectivity index (χ2v) is 7.36.